The molecule has 1 saturated heterocycles. The molecule has 8 heteroatoms. The average Bonchev–Trinajstić information content (AvgIpc) is 3.17. The fourth-order valence-corrected chi connectivity index (χ4v) is 5.04. The van der Waals surface area contributed by atoms with Gasteiger partial charge in [-0.25, -0.2) is 8.78 Å². The van der Waals surface area contributed by atoms with Crippen molar-refractivity contribution in [1.29, 1.82) is 0 Å². The maximum absolute atomic E-state index is 14.7. The van der Waals surface area contributed by atoms with E-state index in [1.54, 1.807) is 0 Å². The number of benzene rings is 2. The van der Waals surface area contributed by atoms with E-state index in [2.05, 4.69) is 5.32 Å². The Balaban J connectivity index is 1.74. The Labute approximate surface area is 191 Å². The summed E-state index contributed by atoms with van der Waals surface area (Å²) in [7, 11) is 0. The van der Waals surface area contributed by atoms with Crippen molar-refractivity contribution < 1.29 is 23.2 Å². The van der Waals surface area contributed by atoms with Gasteiger partial charge in [0.15, 0.2) is 0 Å². The number of nitrogens with one attached hydrogen (secondary N) is 1. The van der Waals surface area contributed by atoms with E-state index in [4.69, 9.17) is 5.73 Å². The molecule has 0 saturated carbocycles. The molecule has 174 valence electrons. The monoisotopic (exact) mass is 455 g/mol. The van der Waals surface area contributed by atoms with Crippen molar-refractivity contribution in [2.24, 2.45) is 17.6 Å². The molecular weight excluding hydrogens is 428 g/mol. The summed E-state index contributed by atoms with van der Waals surface area (Å²) in [4.78, 5) is 40.7. The Hall–Kier alpha value is -3.29. The highest BCUT2D eigenvalue weighted by Crippen LogP contribution is 2.35. The van der Waals surface area contributed by atoms with Crippen molar-refractivity contribution >= 4 is 17.7 Å². The third-order valence-corrected chi connectivity index (χ3v) is 6.51. The van der Waals surface area contributed by atoms with Crippen molar-refractivity contribution in [2.75, 3.05) is 0 Å². The highest BCUT2D eigenvalue weighted by atomic mass is 19.1. The van der Waals surface area contributed by atoms with Crippen LogP contribution in [0.2, 0.25) is 0 Å². The van der Waals surface area contributed by atoms with Crippen LogP contribution in [0.4, 0.5) is 8.78 Å². The van der Waals surface area contributed by atoms with Crippen LogP contribution >= 0.6 is 0 Å². The summed E-state index contributed by atoms with van der Waals surface area (Å²) in [5.41, 5.74) is 7.64. The van der Waals surface area contributed by atoms with E-state index in [9.17, 15) is 23.2 Å². The highest BCUT2D eigenvalue weighted by Gasteiger charge is 2.49. The van der Waals surface area contributed by atoms with Gasteiger partial charge in [-0.1, -0.05) is 44.2 Å². The number of halogens is 2. The molecule has 3 N–H and O–H groups in total. The molecule has 0 spiro atoms. The van der Waals surface area contributed by atoms with E-state index < -0.39 is 47.5 Å². The SMILES string of the molecule is CC(C)CC1C(=O)NC(C2Cc3ccccc3C2)C(=O)N1C(C(N)=O)c1ccc(F)cc1F. The van der Waals surface area contributed by atoms with Gasteiger partial charge in [-0.2, -0.15) is 0 Å². The fourth-order valence-electron chi connectivity index (χ4n) is 5.04. The normalized spacial score (nSPS) is 21.8. The van der Waals surface area contributed by atoms with E-state index >= 15 is 0 Å². The Morgan fingerprint density at radius 1 is 1.12 bits per heavy atom. The smallest absolute Gasteiger partial charge is 0.247 e. The predicted molar refractivity (Wildman–Crippen MR) is 118 cm³/mol. The number of piperazine rings is 1. The quantitative estimate of drug-likeness (QED) is 0.702. The molecule has 3 atom stereocenters. The first kappa shape index (κ1) is 22.9. The van der Waals surface area contributed by atoms with Gasteiger partial charge >= 0.3 is 0 Å². The summed E-state index contributed by atoms with van der Waals surface area (Å²) < 4.78 is 28.3. The van der Waals surface area contributed by atoms with Gasteiger partial charge in [-0.3, -0.25) is 14.4 Å². The zero-order valence-electron chi connectivity index (χ0n) is 18.6. The van der Waals surface area contributed by atoms with E-state index in [0.717, 1.165) is 28.2 Å². The Kier molecular flexibility index (Phi) is 6.19. The minimum absolute atomic E-state index is 0.00919. The van der Waals surface area contributed by atoms with Gasteiger partial charge in [0.05, 0.1) is 0 Å². The molecule has 3 amide bonds. The number of amides is 3. The molecule has 3 unspecified atom stereocenters. The Morgan fingerprint density at radius 2 is 1.76 bits per heavy atom. The van der Waals surface area contributed by atoms with E-state index in [-0.39, 0.29) is 23.8 Å². The Bertz CT molecular complexity index is 1080. The lowest BCUT2D eigenvalue weighted by Crippen LogP contribution is -2.67. The van der Waals surface area contributed by atoms with Gasteiger partial charge in [0.2, 0.25) is 17.7 Å². The Morgan fingerprint density at radius 3 is 2.30 bits per heavy atom. The first-order valence-corrected chi connectivity index (χ1v) is 11.1. The summed E-state index contributed by atoms with van der Waals surface area (Å²) in [6.45, 7) is 3.76. The molecule has 2 aromatic rings. The number of carbonyl (C=O) groups is 3. The molecular formula is C25H27F2N3O3. The van der Waals surface area contributed by atoms with Crippen molar-refractivity contribution in [3.05, 3.63) is 70.8 Å². The second kappa shape index (κ2) is 8.92. The van der Waals surface area contributed by atoms with Crippen LogP contribution < -0.4 is 11.1 Å². The third kappa shape index (κ3) is 4.34. The van der Waals surface area contributed by atoms with E-state index in [0.29, 0.717) is 18.9 Å². The molecule has 1 fully saturated rings. The van der Waals surface area contributed by atoms with Crippen LogP contribution in [-0.2, 0) is 27.2 Å². The molecule has 33 heavy (non-hydrogen) atoms. The van der Waals surface area contributed by atoms with Crippen LogP contribution in [0.3, 0.4) is 0 Å². The zero-order chi connectivity index (χ0) is 23.9. The first-order valence-electron chi connectivity index (χ1n) is 11.1. The molecule has 1 aliphatic heterocycles. The summed E-state index contributed by atoms with van der Waals surface area (Å²) in [5.74, 6) is -3.87. The van der Waals surface area contributed by atoms with Crippen LogP contribution in [0, 0.1) is 23.5 Å². The molecule has 0 aromatic heterocycles. The van der Waals surface area contributed by atoms with Gasteiger partial charge in [0.25, 0.3) is 0 Å². The minimum atomic E-state index is -1.53. The second-order valence-corrected chi connectivity index (χ2v) is 9.28. The van der Waals surface area contributed by atoms with Gasteiger partial charge in [0.1, 0.15) is 29.8 Å². The zero-order valence-corrected chi connectivity index (χ0v) is 18.6. The van der Waals surface area contributed by atoms with Gasteiger partial charge in [0, 0.05) is 11.6 Å². The average molecular weight is 456 g/mol. The van der Waals surface area contributed by atoms with Gasteiger partial charge in [-0.15, -0.1) is 0 Å². The van der Waals surface area contributed by atoms with Gasteiger partial charge in [-0.05, 0) is 48.3 Å². The van der Waals surface area contributed by atoms with Crippen molar-refractivity contribution in [1.82, 2.24) is 10.2 Å². The molecule has 2 aromatic carbocycles. The molecule has 0 bridgehead atoms. The second-order valence-electron chi connectivity index (χ2n) is 9.28. The number of hydrogen-bond acceptors (Lipinski definition) is 3. The minimum Gasteiger partial charge on any atom is -0.368 e. The number of carbonyl (C=O) groups excluding carboxylic acids is 3. The van der Waals surface area contributed by atoms with Crippen LogP contribution in [0.1, 0.15) is 43.0 Å². The van der Waals surface area contributed by atoms with Gasteiger partial charge < -0.3 is 16.0 Å². The van der Waals surface area contributed by atoms with Crippen LogP contribution in [0.15, 0.2) is 42.5 Å². The summed E-state index contributed by atoms with van der Waals surface area (Å²) >= 11 is 0. The maximum atomic E-state index is 14.7. The molecule has 0 radical (unpaired) electrons. The molecule has 2 aliphatic rings. The largest absolute Gasteiger partial charge is 0.368 e. The lowest BCUT2D eigenvalue weighted by molar-refractivity contribution is -0.157. The van der Waals surface area contributed by atoms with Crippen LogP contribution in [0.5, 0.6) is 0 Å². The number of hydrogen-bond donors (Lipinski definition) is 2. The number of nitrogens with two attached hydrogens (primary N) is 1. The molecule has 1 heterocycles. The van der Waals surface area contributed by atoms with Crippen LogP contribution in [-0.4, -0.2) is 34.7 Å². The first-order chi connectivity index (χ1) is 15.7. The molecule has 4 rings (SSSR count). The number of rotatable bonds is 6. The highest BCUT2D eigenvalue weighted by molar-refractivity contribution is 6.00. The number of fused-ring (bicyclic) bond motifs is 1. The van der Waals surface area contributed by atoms with Crippen molar-refractivity contribution in [2.45, 2.75) is 51.2 Å². The predicted octanol–water partition coefficient (Wildman–Crippen LogP) is 2.65. The summed E-state index contributed by atoms with van der Waals surface area (Å²) in [5, 5.41) is 2.86. The third-order valence-electron chi connectivity index (χ3n) is 6.51. The number of primary amides is 1. The van der Waals surface area contributed by atoms with Crippen LogP contribution in [0.25, 0.3) is 0 Å². The maximum Gasteiger partial charge on any atom is 0.247 e. The molecule has 6 nitrogen and oxygen atoms in total. The standard InChI is InChI=1S/C25H27F2N3O3/c1-13(2)9-20-24(32)29-21(16-10-14-5-3-4-6-15(14)11-16)25(33)30(20)22(23(28)31)18-8-7-17(26)12-19(18)27/h3-8,12-13,16,20-22H,9-11H2,1-2H3,(H2,28,31)(H,29,32). The van der Waals surface area contributed by atoms with Crippen molar-refractivity contribution in [3.8, 4) is 0 Å². The lowest BCUT2D eigenvalue weighted by Gasteiger charge is -2.44. The van der Waals surface area contributed by atoms with Crippen molar-refractivity contribution in [3.63, 3.8) is 0 Å². The van der Waals surface area contributed by atoms with E-state index in [1.807, 2.05) is 38.1 Å². The lowest BCUT2D eigenvalue weighted by atomic mass is 9.88. The fraction of sp³-hybridized carbons (Fsp3) is 0.400. The van der Waals surface area contributed by atoms with E-state index in [1.165, 1.54) is 0 Å². The topological polar surface area (TPSA) is 92.5 Å². The summed E-state index contributed by atoms with van der Waals surface area (Å²) in [6.07, 6.45) is 1.46. The summed E-state index contributed by atoms with van der Waals surface area (Å²) in [6, 6.07) is 7.17. The number of nitrogens with zero attached hydrogens (tertiary/aromatic N) is 1. The molecule has 1 aliphatic carbocycles.